The van der Waals surface area contributed by atoms with Gasteiger partial charge in [0.1, 0.15) is 5.75 Å². The van der Waals surface area contributed by atoms with Crippen molar-refractivity contribution < 1.29 is 14.6 Å². The predicted octanol–water partition coefficient (Wildman–Crippen LogP) is 3.02. The Morgan fingerprint density at radius 2 is 2.05 bits per heavy atom. The van der Waals surface area contributed by atoms with Gasteiger partial charge in [0.25, 0.3) is 0 Å². The number of benzene rings is 2. The molecule has 0 bridgehead atoms. The number of nitrogens with zero attached hydrogens (tertiary/aromatic N) is 1. The number of hydrogen-bond acceptors (Lipinski definition) is 3. The summed E-state index contributed by atoms with van der Waals surface area (Å²) in [7, 11) is 0. The Balaban J connectivity index is 1.44. The maximum absolute atomic E-state index is 10.9. The molecule has 0 aromatic heterocycles. The molecule has 116 valence electrons. The van der Waals surface area contributed by atoms with Crippen molar-refractivity contribution in [3.63, 3.8) is 0 Å². The summed E-state index contributed by atoms with van der Waals surface area (Å²) in [4.78, 5) is 13.1. The summed E-state index contributed by atoms with van der Waals surface area (Å²) in [5.41, 5.74) is 0. The van der Waals surface area contributed by atoms with Gasteiger partial charge in [-0.2, -0.15) is 0 Å². The first kappa shape index (κ1) is 14.9. The molecule has 1 atom stereocenters. The number of carboxylic acids is 1. The van der Waals surface area contributed by atoms with E-state index in [1.807, 2.05) is 18.2 Å². The van der Waals surface area contributed by atoms with Gasteiger partial charge in [-0.15, -0.1) is 0 Å². The van der Waals surface area contributed by atoms with Crippen molar-refractivity contribution >= 4 is 16.7 Å². The monoisotopic (exact) mass is 299 g/mol. The Morgan fingerprint density at radius 3 is 2.82 bits per heavy atom. The van der Waals surface area contributed by atoms with E-state index in [4.69, 9.17) is 9.84 Å². The Bertz CT molecular complexity index is 656. The molecule has 0 saturated carbocycles. The summed E-state index contributed by atoms with van der Waals surface area (Å²) in [5.74, 6) is 0.0276. The molecule has 0 radical (unpaired) electrons. The average molecular weight is 299 g/mol. The van der Waals surface area contributed by atoms with Crippen LogP contribution < -0.4 is 4.74 Å². The lowest BCUT2D eigenvalue weighted by Crippen LogP contribution is -2.25. The molecule has 2 aromatic rings. The normalized spacial score (nSPS) is 18.6. The smallest absolute Gasteiger partial charge is 0.307 e. The fraction of sp³-hybridized carbons (Fsp3) is 0.389. The summed E-state index contributed by atoms with van der Waals surface area (Å²) in [6.07, 6.45) is 1.68. The zero-order chi connectivity index (χ0) is 15.4. The molecule has 0 spiro atoms. The van der Waals surface area contributed by atoms with Gasteiger partial charge >= 0.3 is 5.97 Å². The summed E-state index contributed by atoms with van der Waals surface area (Å²) in [6.45, 7) is 3.11. The van der Waals surface area contributed by atoms with E-state index in [1.165, 1.54) is 10.8 Å². The second kappa shape index (κ2) is 6.79. The molecule has 2 aromatic carbocycles. The van der Waals surface area contributed by atoms with Gasteiger partial charge in [-0.05, 0) is 42.3 Å². The molecule has 3 rings (SSSR count). The number of aliphatic carboxylic acids is 1. The van der Waals surface area contributed by atoms with E-state index < -0.39 is 5.97 Å². The maximum atomic E-state index is 10.9. The summed E-state index contributed by atoms with van der Waals surface area (Å²) in [6, 6.07) is 14.4. The zero-order valence-corrected chi connectivity index (χ0v) is 12.6. The quantitative estimate of drug-likeness (QED) is 0.833. The number of carboxylic acid groups (broad SMARTS) is 1. The lowest BCUT2D eigenvalue weighted by atomic mass is 10.1. The molecule has 4 nitrogen and oxygen atoms in total. The van der Waals surface area contributed by atoms with Crippen molar-refractivity contribution in [2.45, 2.75) is 12.8 Å². The Kier molecular flexibility index (Phi) is 4.59. The van der Waals surface area contributed by atoms with Crippen LogP contribution in [-0.4, -0.2) is 42.2 Å². The SMILES string of the molecule is O=C(O)C1CCN(CCCOc2ccc3ccccc3c2)C1. The van der Waals surface area contributed by atoms with E-state index in [1.54, 1.807) is 0 Å². The average Bonchev–Trinajstić information content (AvgIpc) is 3.00. The van der Waals surface area contributed by atoms with Crippen molar-refractivity contribution in [1.29, 1.82) is 0 Å². The lowest BCUT2D eigenvalue weighted by molar-refractivity contribution is -0.141. The van der Waals surface area contributed by atoms with Crippen LogP contribution in [0.5, 0.6) is 5.75 Å². The van der Waals surface area contributed by atoms with Crippen LogP contribution in [0.2, 0.25) is 0 Å². The van der Waals surface area contributed by atoms with Gasteiger partial charge in [-0.1, -0.05) is 30.3 Å². The number of likely N-dealkylation sites (tertiary alicyclic amines) is 1. The maximum Gasteiger partial charge on any atom is 0.307 e. The van der Waals surface area contributed by atoms with E-state index in [-0.39, 0.29) is 5.92 Å². The van der Waals surface area contributed by atoms with Gasteiger partial charge in [0.2, 0.25) is 0 Å². The molecule has 4 heteroatoms. The van der Waals surface area contributed by atoms with Crippen LogP contribution in [0.15, 0.2) is 42.5 Å². The first-order chi connectivity index (χ1) is 10.7. The molecule has 1 N–H and O–H groups in total. The third kappa shape index (κ3) is 3.57. The predicted molar refractivity (Wildman–Crippen MR) is 86.2 cm³/mol. The van der Waals surface area contributed by atoms with Crippen molar-refractivity contribution in [2.75, 3.05) is 26.2 Å². The molecule has 0 amide bonds. The van der Waals surface area contributed by atoms with Crippen LogP contribution in [0.25, 0.3) is 10.8 Å². The second-order valence-corrected chi connectivity index (χ2v) is 5.84. The Hall–Kier alpha value is -2.07. The lowest BCUT2D eigenvalue weighted by Gasteiger charge is -2.15. The molecule has 1 unspecified atom stereocenters. The van der Waals surface area contributed by atoms with Crippen LogP contribution >= 0.6 is 0 Å². The minimum absolute atomic E-state index is 0.193. The highest BCUT2D eigenvalue weighted by atomic mass is 16.5. The third-order valence-electron chi connectivity index (χ3n) is 4.23. The van der Waals surface area contributed by atoms with Crippen molar-refractivity contribution in [2.24, 2.45) is 5.92 Å². The number of hydrogen-bond donors (Lipinski definition) is 1. The van der Waals surface area contributed by atoms with Crippen LogP contribution in [-0.2, 0) is 4.79 Å². The first-order valence-corrected chi connectivity index (χ1v) is 7.79. The zero-order valence-electron chi connectivity index (χ0n) is 12.6. The van der Waals surface area contributed by atoms with Crippen molar-refractivity contribution in [3.05, 3.63) is 42.5 Å². The molecule has 1 saturated heterocycles. The molecule has 1 heterocycles. The summed E-state index contributed by atoms with van der Waals surface area (Å²) < 4.78 is 5.81. The second-order valence-electron chi connectivity index (χ2n) is 5.84. The number of ether oxygens (including phenoxy) is 1. The highest BCUT2D eigenvalue weighted by Gasteiger charge is 2.27. The Labute approximate surface area is 130 Å². The molecule has 1 aliphatic rings. The largest absolute Gasteiger partial charge is 0.494 e. The molecule has 1 fully saturated rings. The number of fused-ring (bicyclic) bond motifs is 1. The van der Waals surface area contributed by atoms with E-state index in [0.717, 1.165) is 31.7 Å². The minimum Gasteiger partial charge on any atom is -0.494 e. The topological polar surface area (TPSA) is 49.8 Å². The molecule has 0 aliphatic carbocycles. The van der Waals surface area contributed by atoms with Crippen molar-refractivity contribution in [3.8, 4) is 5.75 Å². The van der Waals surface area contributed by atoms with E-state index >= 15 is 0 Å². The fourth-order valence-corrected chi connectivity index (χ4v) is 2.97. The highest BCUT2D eigenvalue weighted by molar-refractivity contribution is 5.83. The number of rotatable bonds is 6. The minimum atomic E-state index is -0.671. The summed E-state index contributed by atoms with van der Waals surface area (Å²) in [5, 5.41) is 11.4. The van der Waals surface area contributed by atoms with Gasteiger partial charge in [0.15, 0.2) is 0 Å². The molecule has 1 aliphatic heterocycles. The van der Waals surface area contributed by atoms with Gasteiger partial charge in [0, 0.05) is 13.1 Å². The number of carbonyl (C=O) groups is 1. The van der Waals surface area contributed by atoms with Crippen LogP contribution in [0.3, 0.4) is 0 Å². The summed E-state index contributed by atoms with van der Waals surface area (Å²) >= 11 is 0. The van der Waals surface area contributed by atoms with Gasteiger partial charge in [-0.3, -0.25) is 4.79 Å². The van der Waals surface area contributed by atoms with Gasteiger partial charge in [-0.25, -0.2) is 0 Å². The van der Waals surface area contributed by atoms with Gasteiger partial charge < -0.3 is 14.7 Å². The fourth-order valence-electron chi connectivity index (χ4n) is 2.97. The van der Waals surface area contributed by atoms with Crippen LogP contribution in [0, 0.1) is 5.92 Å². The first-order valence-electron chi connectivity index (χ1n) is 7.79. The molecule has 22 heavy (non-hydrogen) atoms. The van der Waals surface area contributed by atoms with Crippen LogP contribution in [0.4, 0.5) is 0 Å². The standard InChI is InChI=1S/C18H21NO3/c20-18(21)16-8-10-19(13-16)9-3-11-22-17-7-6-14-4-1-2-5-15(14)12-17/h1-2,4-7,12,16H,3,8-11,13H2,(H,20,21). The third-order valence-corrected chi connectivity index (χ3v) is 4.23. The Morgan fingerprint density at radius 1 is 1.23 bits per heavy atom. The van der Waals surface area contributed by atoms with Crippen molar-refractivity contribution in [1.82, 2.24) is 4.90 Å². The van der Waals surface area contributed by atoms with E-state index in [0.29, 0.717) is 13.2 Å². The molecular formula is C18H21NO3. The highest BCUT2D eigenvalue weighted by Crippen LogP contribution is 2.21. The van der Waals surface area contributed by atoms with Gasteiger partial charge in [0.05, 0.1) is 12.5 Å². The van der Waals surface area contributed by atoms with Crippen LogP contribution in [0.1, 0.15) is 12.8 Å². The van der Waals surface area contributed by atoms with E-state index in [9.17, 15) is 4.79 Å². The van der Waals surface area contributed by atoms with E-state index in [2.05, 4.69) is 29.2 Å². The molecular weight excluding hydrogens is 278 g/mol.